The number of hydrogen-bond donors (Lipinski definition) is 2. The van der Waals surface area contributed by atoms with Crippen molar-refractivity contribution in [1.29, 1.82) is 0 Å². The van der Waals surface area contributed by atoms with Gasteiger partial charge in [-0.15, -0.1) is 0 Å². The monoisotopic (exact) mass is 394 g/mol. The van der Waals surface area contributed by atoms with Crippen LogP contribution in [0, 0.1) is 0 Å². The van der Waals surface area contributed by atoms with E-state index >= 15 is 0 Å². The third kappa shape index (κ3) is 7.26. The van der Waals surface area contributed by atoms with E-state index in [2.05, 4.69) is 10.6 Å². The molecule has 0 aromatic heterocycles. The van der Waals surface area contributed by atoms with E-state index in [9.17, 15) is 19.2 Å². The molecule has 0 aliphatic heterocycles. The lowest BCUT2D eigenvalue weighted by Gasteiger charge is -2.16. The van der Waals surface area contributed by atoms with E-state index in [4.69, 9.17) is 14.2 Å². The quantitative estimate of drug-likeness (QED) is 0.647. The topological polar surface area (TPSA) is 120 Å². The van der Waals surface area contributed by atoms with Gasteiger partial charge in [0.05, 0.1) is 24.3 Å². The van der Waals surface area contributed by atoms with Gasteiger partial charge in [-0.3, -0.25) is 10.1 Å². The van der Waals surface area contributed by atoms with Crippen molar-refractivity contribution in [2.45, 2.75) is 46.8 Å². The van der Waals surface area contributed by atoms with Gasteiger partial charge in [-0.25, -0.2) is 14.4 Å². The lowest BCUT2D eigenvalue weighted by molar-refractivity contribution is -0.126. The average molecular weight is 394 g/mol. The first-order valence-corrected chi connectivity index (χ1v) is 8.95. The minimum absolute atomic E-state index is 0.0764. The van der Waals surface area contributed by atoms with Crippen LogP contribution in [0.1, 0.15) is 55.3 Å². The van der Waals surface area contributed by atoms with Gasteiger partial charge in [0.2, 0.25) is 0 Å². The lowest BCUT2D eigenvalue weighted by Crippen LogP contribution is -2.47. The Morgan fingerprint density at radius 1 is 0.893 bits per heavy atom. The molecule has 9 heteroatoms. The van der Waals surface area contributed by atoms with Crippen molar-refractivity contribution in [2.75, 3.05) is 13.2 Å². The van der Waals surface area contributed by atoms with Gasteiger partial charge < -0.3 is 19.5 Å². The number of hydrogen-bond acceptors (Lipinski definition) is 7. The Morgan fingerprint density at radius 2 is 1.39 bits per heavy atom. The van der Waals surface area contributed by atoms with Crippen LogP contribution in [0.25, 0.3) is 0 Å². The molecule has 1 aromatic rings. The molecule has 0 spiro atoms. The molecular weight excluding hydrogens is 368 g/mol. The highest BCUT2D eigenvalue weighted by atomic mass is 16.5. The van der Waals surface area contributed by atoms with E-state index in [-0.39, 0.29) is 36.1 Å². The van der Waals surface area contributed by atoms with Gasteiger partial charge in [-0.2, -0.15) is 0 Å². The van der Waals surface area contributed by atoms with Crippen molar-refractivity contribution < 1.29 is 33.4 Å². The number of rotatable bonds is 8. The number of carbonyl (C=O) groups is 4. The first kappa shape index (κ1) is 22.9. The van der Waals surface area contributed by atoms with Gasteiger partial charge in [0, 0.05) is 6.04 Å². The maximum Gasteiger partial charge on any atom is 0.338 e. The molecule has 0 unspecified atom stereocenters. The second-order valence-corrected chi connectivity index (χ2v) is 6.06. The predicted molar refractivity (Wildman–Crippen MR) is 100 cm³/mol. The SMILES string of the molecule is CCOC(=O)c1cc(O[C@@H](C)C(=O)NC(=O)NC(C)C)cc(C(=O)OCC)c1. The average Bonchev–Trinajstić information content (AvgIpc) is 2.60. The van der Waals surface area contributed by atoms with Gasteiger partial charge in [0.15, 0.2) is 6.10 Å². The summed E-state index contributed by atoms with van der Waals surface area (Å²) in [5.74, 6) is -1.89. The fourth-order valence-corrected chi connectivity index (χ4v) is 2.10. The Hall–Kier alpha value is -3.10. The van der Waals surface area contributed by atoms with Crippen LogP contribution in [-0.4, -0.2) is 49.2 Å². The van der Waals surface area contributed by atoms with Gasteiger partial charge in [0.25, 0.3) is 5.91 Å². The molecule has 154 valence electrons. The molecule has 28 heavy (non-hydrogen) atoms. The summed E-state index contributed by atoms with van der Waals surface area (Å²) in [6, 6.07) is 3.22. The number of urea groups is 1. The van der Waals surface area contributed by atoms with Crippen LogP contribution < -0.4 is 15.4 Å². The molecule has 1 rings (SSSR count). The number of benzene rings is 1. The smallest absolute Gasteiger partial charge is 0.338 e. The second kappa shape index (κ2) is 10.9. The molecule has 0 aliphatic rings. The van der Waals surface area contributed by atoms with Crippen LogP contribution in [-0.2, 0) is 14.3 Å². The molecule has 9 nitrogen and oxygen atoms in total. The minimum atomic E-state index is -1.06. The minimum Gasteiger partial charge on any atom is -0.481 e. The number of carbonyl (C=O) groups excluding carboxylic acids is 4. The zero-order valence-electron chi connectivity index (χ0n) is 16.7. The molecule has 0 bridgehead atoms. The molecular formula is C19H26N2O7. The summed E-state index contributed by atoms with van der Waals surface area (Å²) in [6.45, 7) is 8.55. The Morgan fingerprint density at radius 3 is 1.82 bits per heavy atom. The van der Waals surface area contributed by atoms with E-state index in [1.165, 1.54) is 25.1 Å². The summed E-state index contributed by atoms with van der Waals surface area (Å²) >= 11 is 0. The normalized spacial score (nSPS) is 11.4. The highest BCUT2D eigenvalue weighted by molar-refractivity contribution is 5.97. The fraction of sp³-hybridized carbons (Fsp3) is 0.474. The zero-order chi connectivity index (χ0) is 21.3. The Kier molecular flexibility index (Phi) is 8.94. The fourth-order valence-electron chi connectivity index (χ4n) is 2.10. The molecule has 0 saturated carbocycles. The van der Waals surface area contributed by atoms with Crippen LogP contribution in [0.5, 0.6) is 5.75 Å². The van der Waals surface area contributed by atoms with Crippen molar-refractivity contribution in [3.63, 3.8) is 0 Å². The van der Waals surface area contributed by atoms with E-state index in [0.717, 1.165) is 0 Å². The van der Waals surface area contributed by atoms with Gasteiger partial charge in [-0.1, -0.05) is 0 Å². The van der Waals surface area contributed by atoms with Crippen LogP contribution >= 0.6 is 0 Å². The number of esters is 2. The van der Waals surface area contributed by atoms with Gasteiger partial charge >= 0.3 is 18.0 Å². The van der Waals surface area contributed by atoms with Crippen LogP contribution in [0.3, 0.4) is 0 Å². The standard InChI is InChI=1S/C19H26N2O7/c1-6-26-17(23)13-8-14(18(24)27-7-2)10-15(9-13)28-12(5)16(22)21-19(25)20-11(3)4/h8-12H,6-7H2,1-5H3,(H2,20,21,22,25)/t12-/m0/s1. The summed E-state index contributed by atoms with van der Waals surface area (Å²) in [5.41, 5.74) is 0.153. The largest absolute Gasteiger partial charge is 0.481 e. The molecule has 3 amide bonds. The van der Waals surface area contributed by atoms with Crippen molar-refractivity contribution in [3.8, 4) is 5.75 Å². The molecule has 0 heterocycles. The van der Waals surface area contributed by atoms with Crippen LogP contribution in [0.4, 0.5) is 4.79 Å². The van der Waals surface area contributed by atoms with Gasteiger partial charge in [-0.05, 0) is 52.8 Å². The van der Waals surface area contributed by atoms with Crippen LogP contribution in [0.15, 0.2) is 18.2 Å². The summed E-state index contributed by atoms with van der Waals surface area (Å²) in [5, 5.41) is 4.67. The van der Waals surface area contributed by atoms with Crippen LogP contribution in [0.2, 0.25) is 0 Å². The molecule has 0 fully saturated rings. The molecule has 2 N–H and O–H groups in total. The summed E-state index contributed by atoms with van der Waals surface area (Å²) < 4.78 is 15.4. The number of nitrogens with one attached hydrogen (secondary N) is 2. The maximum atomic E-state index is 12.1. The highest BCUT2D eigenvalue weighted by Gasteiger charge is 2.20. The molecule has 1 atom stereocenters. The third-order valence-corrected chi connectivity index (χ3v) is 3.27. The molecule has 1 aromatic carbocycles. The lowest BCUT2D eigenvalue weighted by atomic mass is 10.1. The third-order valence-electron chi connectivity index (χ3n) is 3.27. The number of amides is 3. The molecule has 0 aliphatic carbocycles. The predicted octanol–water partition coefficient (Wildman–Crippen LogP) is 2.04. The Labute approximate surface area is 163 Å². The van der Waals surface area contributed by atoms with E-state index in [1.54, 1.807) is 27.7 Å². The van der Waals surface area contributed by atoms with E-state index < -0.39 is 30.0 Å². The number of ether oxygens (including phenoxy) is 3. The number of imide groups is 1. The summed E-state index contributed by atoms with van der Waals surface area (Å²) in [7, 11) is 0. The van der Waals surface area contributed by atoms with E-state index in [0.29, 0.717) is 0 Å². The van der Waals surface area contributed by atoms with Crippen molar-refractivity contribution in [2.24, 2.45) is 0 Å². The first-order chi connectivity index (χ1) is 13.2. The zero-order valence-corrected chi connectivity index (χ0v) is 16.7. The molecule has 0 saturated heterocycles. The highest BCUT2D eigenvalue weighted by Crippen LogP contribution is 2.20. The van der Waals surface area contributed by atoms with E-state index in [1.807, 2.05) is 0 Å². The van der Waals surface area contributed by atoms with Crippen molar-refractivity contribution in [1.82, 2.24) is 10.6 Å². The second-order valence-electron chi connectivity index (χ2n) is 6.06. The summed E-state index contributed by atoms with van der Waals surface area (Å²) in [4.78, 5) is 47.8. The summed E-state index contributed by atoms with van der Waals surface area (Å²) in [6.07, 6.45) is -1.06. The maximum absolute atomic E-state index is 12.1. The van der Waals surface area contributed by atoms with Crippen molar-refractivity contribution in [3.05, 3.63) is 29.3 Å². The molecule has 0 radical (unpaired) electrons. The van der Waals surface area contributed by atoms with Gasteiger partial charge in [0.1, 0.15) is 5.75 Å². The first-order valence-electron chi connectivity index (χ1n) is 8.95. The Bertz CT molecular complexity index is 695. The Balaban J connectivity index is 3.00. The van der Waals surface area contributed by atoms with Crippen molar-refractivity contribution >= 4 is 23.9 Å².